The third-order valence-electron chi connectivity index (χ3n) is 5.72. The van der Waals surface area contributed by atoms with E-state index in [1.807, 2.05) is 42.5 Å². The molecule has 2 aromatic rings. The Kier molecular flexibility index (Phi) is 5.87. The molecule has 0 aliphatic carbocycles. The summed E-state index contributed by atoms with van der Waals surface area (Å²) in [6.07, 6.45) is 9.13. The summed E-state index contributed by atoms with van der Waals surface area (Å²) in [7, 11) is 0. The Bertz CT molecular complexity index is 594. The maximum atomic E-state index is 11.6. The van der Waals surface area contributed by atoms with Gasteiger partial charge in [0.1, 0.15) is 5.60 Å². The van der Waals surface area contributed by atoms with E-state index in [9.17, 15) is 5.11 Å². The number of aromatic nitrogens is 1. The first-order valence-electron chi connectivity index (χ1n) is 9.55. The van der Waals surface area contributed by atoms with E-state index in [2.05, 4.69) is 23.7 Å². The number of hydrogen-bond donors (Lipinski definition) is 1. The van der Waals surface area contributed by atoms with Gasteiger partial charge in [-0.05, 0) is 57.7 Å². The molecule has 3 unspecified atom stereocenters. The molecule has 1 saturated heterocycles. The topological polar surface area (TPSA) is 36.4 Å². The molecule has 1 fully saturated rings. The smallest absolute Gasteiger partial charge is 0.116 e. The molecule has 3 heteroatoms. The fraction of sp³-hybridized carbons (Fsp3) is 0.500. The molecule has 2 heterocycles. The molecule has 25 heavy (non-hydrogen) atoms. The normalized spacial score (nSPS) is 24.0. The number of pyridine rings is 1. The van der Waals surface area contributed by atoms with Crippen molar-refractivity contribution in [2.75, 3.05) is 6.54 Å². The van der Waals surface area contributed by atoms with E-state index in [0.717, 1.165) is 24.1 Å². The molecule has 1 aliphatic rings. The summed E-state index contributed by atoms with van der Waals surface area (Å²) in [5, 5.41) is 11.6. The van der Waals surface area contributed by atoms with Crippen molar-refractivity contribution in [2.24, 2.45) is 0 Å². The first-order valence-corrected chi connectivity index (χ1v) is 9.55. The first kappa shape index (κ1) is 18.1. The maximum Gasteiger partial charge on any atom is 0.116 e. The van der Waals surface area contributed by atoms with E-state index in [-0.39, 0.29) is 0 Å². The second-order valence-electron chi connectivity index (χ2n) is 7.44. The highest BCUT2D eigenvalue weighted by molar-refractivity contribution is 5.34. The van der Waals surface area contributed by atoms with Crippen LogP contribution in [0.25, 0.3) is 0 Å². The second-order valence-corrected chi connectivity index (χ2v) is 7.44. The molecular weight excluding hydrogens is 308 g/mol. The van der Waals surface area contributed by atoms with Gasteiger partial charge in [-0.2, -0.15) is 0 Å². The zero-order chi connectivity index (χ0) is 17.7. The number of piperidine rings is 1. The highest BCUT2D eigenvalue weighted by Crippen LogP contribution is 2.34. The van der Waals surface area contributed by atoms with Gasteiger partial charge in [0.2, 0.25) is 0 Å². The van der Waals surface area contributed by atoms with Gasteiger partial charge < -0.3 is 5.11 Å². The van der Waals surface area contributed by atoms with Crippen molar-refractivity contribution in [2.45, 2.75) is 63.6 Å². The lowest BCUT2D eigenvalue weighted by Crippen LogP contribution is -2.44. The quantitative estimate of drug-likeness (QED) is 0.850. The zero-order valence-corrected chi connectivity index (χ0v) is 15.4. The molecule has 1 aliphatic heterocycles. The Balaban J connectivity index is 1.75. The molecule has 0 amide bonds. The molecule has 3 atom stereocenters. The van der Waals surface area contributed by atoms with Gasteiger partial charge in [0.05, 0.1) is 0 Å². The van der Waals surface area contributed by atoms with Gasteiger partial charge in [-0.1, -0.05) is 42.8 Å². The Morgan fingerprint density at radius 2 is 1.72 bits per heavy atom. The van der Waals surface area contributed by atoms with Crippen LogP contribution in [0.2, 0.25) is 0 Å². The highest BCUT2D eigenvalue weighted by Gasteiger charge is 2.32. The van der Waals surface area contributed by atoms with Crippen molar-refractivity contribution in [3.63, 3.8) is 0 Å². The monoisotopic (exact) mass is 338 g/mol. The van der Waals surface area contributed by atoms with Gasteiger partial charge in [0.25, 0.3) is 0 Å². The Labute approximate surface area is 151 Å². The van der Waals surface area contributed by atoms with Crippen molar-refractivity contribution >= 4 is 0 Å². The van der Waals surface area contributed by atoms with Gasteiger partial charge in [0.15, 0.2) is 0 Å². The van der Waals surface area contributed by atoms with Crippen LogP contribution in [0.5, 0.6) is 0 Å². The number of likely N-dealkylation sites (tertiary alicyclic amines) is 1. The number of nitrogens with zero attached hydrogens (tertiary/aromatic N) is 2. The van der Waals surface area contributed by atoms with Crippen LogP contribution in [0, 0.1) is 0 Å². The van der Waals surface area contributed by atoms with E-state index in [0.29, 0.717) is 18.5 Å². The van der Waals surface area contributed by atoms with Gasteiger partial charge >= 0.3 is 0 Å². The summed E-state index contributed by atoms with van der Waals surface area (Å²) in [6.45, 7) is 5.71. The SMILES string of the molecule is CC1CCCC(C)N1CCCC(O)(c1ccccc1)c1cccnc1. The molecule has 1 N–H and O–H groups in total. The molecule has 0 radical (unpaired) electrons. The van der Waals surface area contributed by atoms with Gasteiger partial charge in [-0.25, -0.2) is 0 Å². The molecule has 0 saturated carbocycles. The number of benzene rings is 1. The fourth-order valence-corrected chi connectivity index (χ4v) is 4.21. The van der Waals surface area contributed by atoms with Crippen LogP contribution in [-0.2, 0) is 5.60 Å². The minimum absolute atomic E-state index is 0.645. The van der Waals surface area contributed by atoms with Crippen molar-refractivity contribution in [1.29, 1.82) is 0 Å². The molecule has 3 nitrogen and oxygen atoms in total. The molecule has 3 rings (SSSR count). The summed E-state index contributed by atoms with van der Waals surface area (Å²) in [5.74, 6) is 0. The van der Waals surface area contributed by atoms with Crippen LogP contribution in [0.15, 0.2) is 54.9 Å². The maximum absolute atomic E-state index is 11.6. The van der Waals surface area contributed by atoms with E-state index in [1.54, 1.807) is 12.4 Å². The standard InChI is InChI=1S/C22H30N2O/c1-18-9-6-10-19(2)24(18)16-8-14-22(25,20-11-4-3-5-12-20)21-13-7-15-23-17-21/h3-5,7,11-13,15,17-19,25H,6,8-10,14,16H2,1-2H3. The predicted octanol–water partition coefficient (Wildman–Crippen LogP) is 4.36. The molecule has 1 aromatic carbocycles. The van der Waals surface area contributed by atoms with Crippen LogP contribution in [0.1, 0.15) is 57.1 Å². The number of hydrogen-bond acceptors (Lipinski definition) is 3. The van der Waals surface area contributed by atoms with Gasteiger partial charge in [0, 0.05) is 30.0 Å². The van der Waals surface area contributed by atoms with E-state index in [1.165, 1.54) is 19.3 Å². The van der Waals surface area contributed by atoms with E-state index < -0.39 is 5.60 Å². The molecule has 1 aromatic heterocycles. The molecule has 134 valence electrons. The third kappa shape index (κ3) is 4.10. The first-order chi connectivity index (χ1) is 12.1. The van der Waals surface area contributed by atoms with Crippen molar-refractivity contribution in [3.05, 3.63) is 66.0 Å². The Morgan fingerprint density at radius 1 is 1.04 bits per heavy atom. The third-order valence-corrected chi connectivity index (χ3v) is 5.72. The predicted molar refractivity (Wildman–Crippen MR) is 102 cm³/mol. The van der Waals surface area contributed by atoms with Crippen molar-refractivity contribution < 1.29 is 5.11 Å². The summed E-state index contributed by atoms with van der Waals surface area (Å²) in [4.78, 5) is 6.84. The molecule has 0 bridgehead atoms. The molecule has 0 spiro atoms. The van der Waals surface area contributed by atoms with Crippen molar-refractivity contribution in [1.82, 2.24) is 9.88 Å². The highest BCUT2D eigenvalue weighted by atomic mass is 16.3. The summed E-state index contributed by atoms with van der Waals surface area (Å²) in [6, 6.07) is 15.2. The van der Waals surface area contributed by atoms with Gasteiger partial charge in [-0.15, -0.1) is 0 Å². The lowest BCUT2D eigenvalue weighted by atomic mass is 9.83. The number of aliphatic hydroxyl groups is 1. The average molecular weight is 338 g/mol. The van der Waals surface area contributed by atoms with Crippen LogP contribution >= 0.6 is 0 Å². The lowest BCUT2D eigenvalue weighted by Gasteiger charge is -2.39. The average Bonchev–Trinajstić information content (AvgIpc) is 2.65. The lowest BCUT2D eigenvalue weighted by molar-refractivity contribution is 0.0519. The zero-order valence-electron chi connectivity index (χ0n) is 15.4. The largest absolute Gasteiger partial charge is 0.380 e. The van der Waals surface area contributed by atoms with E-state index in [4.69, 9.17) is 0 Å². The van der Waals surface area contributed by atoms with Crippen LogP contribution in [0.3, 0.4) is 0 Å². The Hall–Kier alpha value is -1.71. The summed E-state index contributed by atoms with van der Waals surface area (Å²) in [5.41, 5.74) is 0.848. The van der Waals surface area contributed by atoms with Crippen LogP contribution in [0.4, 0.5) is 0 Å². The van der Waals surface area contributed by atoms with Crippen LogP contribution < -0.4 is 0 Å². The summed E-state index contributed by atoms with van der Waals surface area (Å²) >= 11 is 0. The summed E-state index contributed by atoms with van der Waals surface area (Å²) < 4.78 is 0. The second kappa shape index (κ2) is 8.11. The molecular formula is C22H30N2O. The van der Waals surface area contributed by atoms with E-state index >= 15 is 0 Å². The number of rotatable bonds is 6. The van der Waals surface area contributed by atoms with Gasteiger partial charge in [-0.3, -0.25) is 9.88 Å². The van der Waals surface area contributed by atoms with Crippen molar-refractivity contribution in [3.8, 4) is 0 Å². The minimum atomic E-state index is -0.974. The fourth-order valence-electron chi connectivity index (χ4n) is 4.21. The Morgan fingerprint density at radius 3 is 2.36 bits per heavy atom. The minimum Gasteiger partial charge on any atom is -0.380 e. The van der Waals surface area contributed by atoms with Crippen LogP contribution in [-0.4, -0.2) is 33.6 Å².